The largest absolute Gasteiger partial charge is 0.508 e. The number of rotatable bonds is 5. The lowest BCUT2D eigenvalue weighted by Gasteiger charge is -2.19. The Labute approximate surface area is 157 Å². The smallest absolute Gasteiger partial charge is 0.164 e. The Balaban J connectivity index is 1.33. The molecule has 6 heteroatoms. The molecule has 0 saturated carbocycles. The van der Waals surface area contributed by atoms with Crippen LogP contribution in [-0.2, 0) is 0 Å². The lowest BCUT2D eigenvalue weighted by Crippen LogP contribution is -2.24. The fourth-order valence-electron chi connectivity index (χ4n) is 3.77. The number of phenolic OH excluding ortho intramolecular Hbond substituents is 1. The van der Waals surface area contributed by atoms with Crippen molar-refractivity contribution >= 4 is 5.78 Å². The maximum Gasteiger partial charge on any atom is 0.164 e. The van der Waals surface area contributed by atoms with Crippen molar-refractivity contribution in [2.45, 2.75) is 18.8 Å². The van der Waals surface area contributed by atoms with Crippen LogP contribution in [0.25, 0.3) is 0 Å². The van der Waals surface area contributed by atoms with Gasteiger partial charge in [0, 0.05) is 37.1 Å². The van der Waals surface area contributed by atoms with Gasteiger partial charge in [-0.3, -0.25) is 4.79 Å². The van der Waals surface area contributed by atoms with Crippen molar-refractivity contribution in [1.29, 1.82) is 0 Å². The summed E-state index contributed by atoms with van der Waals surface area (Å²) in [5, 5.41) is 9.97. The minimum absolute atomic E-state index is 0.00852. The van der Waals surface area contributed by atoms with Gasteiger partial charge in [0.25, 0.3) is 0 Å². The molecule has 0 radical (unpaired) electrons. The van der Waals surface area contributed by atoms with Gasteiger partial charge in [-0.05, 0) is 42.8 Å². The third-order valence-electron chi connectivity index (χ3n) is 5.22. The van der Waals surface area contributed by atoms with E-state index in [1.165, 1.54) is 6.07 Å². The van der Waals surface area contributed by atoms with Crippen LogP contribution in [0, 0.1) is 5.82 Å². The van der Waals surface area contributed by atoms with Gasteiger partial charge in [-0.15, -0.1) is 0 Å². The Morgan fingerprint density at radius 3 is 2.78 bits per heavy atom. The minimum atomic E-state index is -0.434. The van der Waals surface area contributed by atoms with Crippen LogP contribution in [-0.4, -0.2) is 48.6 Å². The zero-order valence-electron chi connectivity index (χ0n) is 15.0. The van der Waals surface area contributed by atoms with Crippen LogP contribution in [0.5, 0.6) is 17.2 Å². The number of phenols is 1. The summed E-state index contributed by atoms with van der Waals surface area (Å²) >= 11 is 0. The van der Waals surface area contributed by atoms with Crippen LogP contribution < -0.4 is 9.47 Å². The molecule has 4 rings (SSSR count). The summed E-state index contributed by atoms with van der Waals surface area (Å²) in [5.74, 6) is 1.11. The van der Waals surface area contributed by atoms with Crippen molar-refractivity contribution < 1.29 is 23.8 Å². The Bertz CT molecular complexity index is 854. The third kappa shape index (κ3) is 3.90. The maximum absolute atomic E-state index is 13.2. The molecular formula is C21H22FNO4. The monoisotopic (exact) mass is 371 g/mol. The topological polar surface area (TPSA) is 59.0 Å². The van der Waals surface area contributed by atoms with E-state index in [2.05, 4.69) is 4.90 Å². The summed E-state index contributed by atoms with van der Waals surface area (Å²) in [6.07, 6.45) is 1.30. The van der Waals surface area contributed by atoms with Crippen LogP contribution in [0.1, 0.15) is 34.7 Å². The number of carbonyl (C=O) groups excluding carboxylic acids is 1. The molecule has 2 heterocycles. The highest BCUT2D eigenvalue weighted by molar-refractivity contribution is 5.96. The molecule has 0 aliphatic carbocycles. The summed E-state index contributed by atoms with van der Waals surface area (Å²) in [5.41, 5.74) is 1.41. The number of nitrogens with zero attached hydrogens (tertiary/aromatic N) is 1. The number of hydrogen-bond acceptors (Lipinski definition) is 5. The van der Waals surface area contributed by atoms with Gasteiger partial charge in [-0.25, -0.2) is 4.39 Å². The first-order chi connectivity index (χ1) is 13.1. The number of carbonyl (C=O) groups is 1. The predicted octanol–water partition coefficient (Wildman–Crippen LogP) is 3.36. The molecule has 5 nitrogen and oxygen atoms in total. The van der Waals surface area contributed by atoms with Crippen molar-refractivity contribution in [3.05, 3.63) is 53.3 Å². The number of fused-ring (bicyclic) bond motifs is 1. The van der Waals surface area contributed by atoms with E-state index in [1.807, 2.05) is 0 Å². The van der Waals surface area contributed by atoms with Crippen LogP contribution in [0.2, 0.25) is 0 Å². The third-order valence-corrected chi connectivity index (χ3v) is 5.22. The highest BCUT2D eigenvalue weighted by atomic mass is 19.1. The quantitative estimate of drug-likeness (QED) is 0.817. The van der Waals surface area contributed by atoms with E-state index >= 15 is 0 Å². The van der Waals surface area contributed by atoms with Gasteiger partial charge >= 0.3 is 0 Å². The molecule has 2 aliphatic heterocycles. The van der Waals surface area contributed by atoms with Gasteiger partial charge < -0.3 is 19.5 Å². The van der Waals surface area contributed by atoms with E-state index in [1.54, 1.807) is 24.3 Å². The standard InChI is InChI=1S/C21H22FNO4/c22-16-2-3-17(19(25)12-16)15-5-7-23(13-15)8-6-18(24)14-1-4-20-21(11-14)27-10-9-26-20/h1-4,11-12,15,25H,5-10,13H2. The Kier molecular flexibility index (Phi) is 4.99. The predicted molar refractivity (Wildman–Crippen MR) is 98.2 cm³/mol. The highest BCUT2D eigenvalue weighted by Crippen LogP contribution is 2.34. The van der Waals surface area contributed by atoms with Crippen molar-refractivity contribution in [2.24, 2.45) is 0 Å². The molecule has 0 spiro atoms. The van der Waals surface area contributed by atoms with Crippen molar-refractivity contribution in [1.82, 2.24) is 4.90 Å². The van der Waals surface area contributed by atoms with E-state index in [9.17, 15) is 14.3 Å². The van der Waals surface area contributed by atoms with Crippen LogP contribution in [0.4, 0.5) is 4.39 Å². The molecule has 1 atom stereocenters. The molecule has 0 amide bonds. The number of benzene rings is 2. The molecule has 2 aromatic carbocycles. The SMILES string of the molecule is O=C(CCN1CCC(c2ccc(F)cc2O)C1)c1ccc2c(c1)OCCO2. The van der Waals surface area contributed by atoms with Gasteiger partial charge in [-0.1, -0.05) is 6.07 Å². The second-order valence-electron chi connectivity index (χ2n) is 7.02. The average molecular weight is 371 g/mol. The number of likely N-dealkylation sites (tertiary alicyclic amines) is 1. The molecular weight excluding hydrogens is 349 g/mol. The normalized spacial score (nSPS) is 19.2. The van der Waals surface area contributed by atoms with E-state index < -0.39 is 5.82 Å². The molecule has 2 aliphatic rings. The number of aromatic hydroxyl groups is 1. The second-order valence-corrected chi connectivity index (χ2v) is 7.02. The lowest BCUT2D eigenvalue weighted by molar-refractivity contribution is 0.0967. The zero-order valence-corrected chi connectivity index (χ0v) is 15.0. The zero-order chi connectivity index (χ0) is 18.8. The fourth-order valence-corrected chi connectivity index (χ4v) is 3.77. The van der Waals surface area contributed by atoms with Crippen LogP contribution in [0.15, 0.2) is 36.4 Å². The van der Waals surface area contributed by atoms with Gasteiger partial charge in [0.05, 0.1) is 0 Å². The molecule has 142 valence electrons. The summed E-state index contributed by atoms with van der Waals surface area (Å²) in [6, 6.07) is 9.50. The molecule has 1 fully saturated rings. The fraction of sp³-hybridized carbons (Fsp3) is 0.381. The number of ketones is 1. The summed E-state index contributed by atoms with van der Waals surface area (Å²) in [7, 11) is 0. The van der Waals surface area contributed by atoms with Crippen LogP contribution >= 0.6 is 0 Å². The number of halogens is 1. The van der Waals surface area contributed by atoms with E-state index in [0.717, 1.165) is 31.1 Å². The van der Waals surface area contributed by atoms with Gasteiger partial charge in [-0.2, -0.15) is 0 Å². The Morgan fingerprint density at radius 1 is 1.15 bits per heavy atom. The first-order valence-corrected chi connectivity index (χ1v) is 9.24. The first kappa shape index (κ1) is 17.8. The van der Waals surface area contributed by atoms with E-state index in [-0.39, 0.29) is 17.5 Å². The Morgan fingerprint density at radius 2 is 1.96 bits per heavy atom. The number of hydrogen-bond donors (Lipinski definition) is 1. The molecule has 0 bridgehead atoms. The molecule has 2 aromatic rings. The molecule has 1 N–H and O–H groups in total. The second kappa shape index (κ2) is 7.56. The number of Topliss-reactive ketones (excluding diaryl/α,β-unsaturated/α-hetero) is 1. The van der Waals surface area contributed by atoms with Crippen LogP contribution in [0.3, 0.4) is 0 Å². The molecule has 27 heavy (non-hydrogen) atoms. The summed E-state index contributed by atoms with van der Waals surface area (Å²) < 4.78 is 24.2. The van der Waals surface area contributed by atoms with E-state index in [4.69, 9.17) is 9.47 Å². The molecule has 1 saturated heterocycles. The van der Waals surface area contributed by atoms with E-state index in [0.29, 0.717) is 43.2 Å². The molecule has 1 unspecified atom stereocenters. The van der Waals surface area contributed by atoms with Crippen molar-refractivity contribution in [3.8, 4) is 17.2 Å². The van der Waals surface area contributed by atoms with Gasteiger partial charge in [0.2, 0.25) is 0 Å². The average Bonchev–Trinajstić information content (AvgIpc) is 3.14. The number of ether oxygens (including phenoxy) is 2. The maximum atomic E-state index is 13.2. The lowest BCUT2D eigenvalue weighted by atomic mass is 9.97. The van der Waals surface area contributed by atoms with Gasteiger partial charge in [0.1, 0.15) is 24.8 Å². The van der Waals surface area contributed by atoms with Crippen molar-refractivity contribution in [2.75, 3.05) is 32.8 Å². The summed E-state index contributed by atoms with van der Waals surface area (Å²) in [6.45, 7) is 3.30. The summed E-state index contributed by atoms with van der Waals surface area (Å²) in [4.78, 5) is 14.7. The Hall–Kier alpha value is -2.60. The minimum Gasteiger partial charge on any atom is -0.508 e. The first-order valence-electron chi connectivity index (χ1n) is 9.24. The highest BCUT2D eigenvalue weighted by Gasteiger charge is 2.26. The van der Waals surface area contributed by atoms with Gasteiger partial charge in [0.15, 0.2) is 17.3 Å². The molecule has 0 aromatic heterocycles. The van der Waals surface area contributed by atoms with Crippen molar-refractivity contribution in [3.63, 3.8) is 0 Å².